The molecule has 18 heavy (non-hydrogen) atoms. The summed E-state index contributed by atoms with van der Waals surface area (Å²) in [7, 11) is 0. The number of carbonyl (C=O) groups excluding carboxylic acids is 2. The third-order valence-electron chi connectivity index (χ3n) is 2.20. The van der Waals surface area contributed by atoms with Crippen LogP contribution >= 0.6 is 0 Å². The van der Waals surface area contributed by atoms with Gasteiger partial charge in [0.25, 0.3) is 0 Å². The van der Waals surface area contributed by atoms with Crippen molar-refractivity contribution in [1.82, 2.24) is 0 Å². The van der Waals surface area contributed by atoms with E-state index in [9.17, 15) is 18.4 Å². The van der Waals surface area contributed by atoms with E-state index in [0.29, 0.717) is 5.56 Å². The maximum Gasteiger partial charge on any atom is 0.313 e. The molecule has 0 bridgehead atoms. The van der Waals surface area contributed by atoms with Crippen LogP contribution in [0.15, 0.2) is 24.3 Å². The number of esters is 1. The Morgan fingerprint density at radius 1 is 1.33 bits per heavy atom. The molecule has 0 heterocycles. The number of benzene rings is 1. The molecule has 1 unspecified atom stereocenters. The largest absolute Gasteiger partial charge is 0.772 e. The molecule has 0 radical (unpaired) electrons. The molecule has 0 saturated carbocycles. The molecule has 5 nitrogen and oxygen atoms in total. The van der Waals surface area contributed by atoms with Crippen LogP contribution in [0.4, 0.5) is 0 Å². The smallest absolute Gasteiger partial charge is 0.313 e. The molecule has 98 valence electrons. The summed E-state index contributed by atoms with van der Waals surface area (Å²) in [5, 5.41) is 0. The van der Waals surface area contributed by atoms with Gasteiger partial charge in [0.15, 0.2) is 5.78 Å². The maximum atomic E-state index is 11.8. The molecular formula is C12H13O5S-. The van der Waals surface area contributed by atoms with Crippen molar-refractivity contribution in [3.63, 3.8) is 0 Å². The van der Waals surface area contributed by atoms with Crippen molar-refractivity contribution in [2.24, 2.45) is 0 Å². The average molecular weight is 269 g/mol. The highest BCUT2D eigenvalue weighted by Crippen LogP contribution is 2.13. The van der Waals surface area contributed by atoms with Crippen LogP contribution in [0.1, 0.15) is 29.3 Å². The van der Waals surface area contributed by atoms with Gasteiger partial charge in [-0.05, 0) is 12.5 Å². The first-order valence-corrected chi connectivity index (χ1v) is 6.61. The van der Waals surface area contributed by atoms with Crippen LogP contribution in [0.2, 0.25) is 0 Å². The summed E-state index contributed by atoms with van der Waals surface area (Å²) in [5.41, 5.74) is 0.634. The van der Waals surface area contributed by atoms with Gasteiger partial charge >= 0.3 is 5.97 Å². The van der Waals surface area contributed by atoms with Gasteiger partial charge < -0.3 is 9.29 Å². The zero-order chi connectivity index (χ0) is 13.5. The Labute approximate surface area is 107 Å². The lowest BCUT2D eigenvalue weighted by Crippen LogP contribution is -2.13. The maximum absolute atomic E-state index is 11.8. The normalized spacial score (nSPS) is 11.9. The van der Waals surface area contributed by atoms with Crippen molar-refractivity contribution in [1.29, 1.82) is 0 Å². The molecule has 0 aliphatic heterocycles. The molecule has 1 atom stereocenters. The first-order valence-electron chi connectivity index (χ1n) is 5.37. The quantitative estimate of drug-likeness (QED) is 0.335. The van der Waals surface area contributed by atoms with E-state index in [-0.39, 0.29) is 24.3 Å². The minimum absolute atomic E-state index is 0.207. The Morgan fingerprint density at radius 2 is 2.00 bits per heavy atom. The Balaban J connectivity index is 2.84. The molecule has 0 saturated heterocycles. The fourth-order valence-corrected chi connectivity index (χ4v) is 1.99. The van der Waals surface area contributed by atoms with Gasteiger partial charge in [0.05, 0.1) is 6.61 Å². The molecule has 0 aliphatic carbocycles. The molecule has 0 spiro atoms. The van der Waals surface area contributed by atoms with Gasteiger partial charge in [-0.2, -0.15) is 0 Å². The first kappa shape index (κ1) is 14.5. The molecule has 6 heteroatoms. The van der Waals surface area contributed by atoms with E-state index in [1.54, 1.807) is 25.1 Å². The Kier molecular flexibility index (Phi) is 5.67. The summed E-state index contributed by atoms with van der Waals surface area (Å²) >= 11 is -2.28. The number of rotatable bonds is 6. The number of ketones is 1. The minimum atomic E-state index is -2.28. The van der Waals surface area contributed by atoms with E-state index in [2.05, 4.69) is 4.74 Å². The van der Waals surface area contributed by atoms with Crippen LogP contribution in [0.5, 0.6) is 0 Å². The van der Waals surface area contributed by atoms with E-state index in [1.807, 2.05) is 0 Å². The van der Waals surface area contributed by atoms with E-state index < -0.39 is 22.8 Å². The lowest BCUT2D eigenvalue weighted by Gasteiger charge is -2.10. The van der Waals surface area contributed by atoms with Crippen molar-refractivity contribution >= 4 is 22.8 Å². The van der Waals surface area contributed by atoms with Crippen molar-refractivity contribution in [2.45, 2.75) is 19.1 Å². The van der Waals surface area contributed by atoms with E-state index in [4.69, 9.17) is 0 Å². The molecule has 1 aromatic carbocycles. The van der Waals surface area contributed by atoms with Crippen molar-refractivity contribution in [2.75, 3.05) is 6.61 Å². The SMILES string of the molecule is CCOC(=O)CC(=O)c1ccccc1CS(=O)[O-]. The second-order valence-electron chi connectivity index (χ2n) is 3.51. The van der Waals surface area contributed by atoms with E-state index in [1.165, 1.54) is 6.07 Å². The highest BCUT2D eigenvalue weighted by atomic mass is 32.2. The third kappa shape index (κ3) is 4.38. The van der Waals surface area contributed by atoms with Crippen molar-refractivity contribution in [3.05, 3.63) is 35.4 Å². The Hall–Kier alpha value is -1.53. The lowest BCUT2D eigenvalue weighted by atomic mass is 10.0. The summed E-state index contributed by atoms with van der Waals surface area (Å²) in [6, 6.07) is 6.32. The average Bonchev–Trinajstić information content (AvgIpc) is 2.28. The van der Waals surface area contributed by atoms with Crippen molar-refractivity contribution in [3.8, 4) is 0 Å². The summed E-state index contributed by atoms with van der Waals surface area (Å²) < 4.78 is 26.0. The third-order valence-corrected chi connectivity index (χ3v) is 2.75. The van der Waals surface area contributed by atoms with Crippen LogP contribution in [-0.2, 0) is 26.4 Å². The summed E-state index contributed by atoms with van der Waals surface area (Å²) in [5.74, 6) is -1.29. The van der Waals surface area contributed by atoms with Gasteiger partial charge in [-0.15, -0.1) is 0 Å². The summed E-state index contributed by atoms with van der Waals surface area (Å²) in [4.78, 5) is 23.0. The topological polar surface area (TPSA) is 83.5 Å². The number of hydrogen-bond donors (Lipinski definition) is 0. The second-order valence-corrected chi connectivity index (χ2v) is 4.41. The monoisotopic (exact) mass is 269 g/mol. The molecule has 0 fully saturated rings. The van der Waals surface area contributed by atoms with E-state index >= 15 is 0 Å². The van der Waals surface area contributed by atoms with E-state index in [0.717, 1.165) is 0 Å². The fraction of sp³-hybridized carbons (Fsp3) is 0.333. The highest BCUT2D eigenvalue weighted by Gasteiger charge is 2.15. The van der Waals surface area contributed by atoms with Gasteiger partial charge in [-0.1, -0.05) is 35.3 Å². The minimum Gasteiger partial charge on any atom is -0.772 e. The van der Waals surface area contributed by atoms with Crippen molar-refractivity contribution < 1.29 is 23.1 Å². The first-order chi connectivity index (χ1) is 8.54. The van der Waals surface area contributed by atoms with Gasteiger partial charge in [0.2, 0.25) is 0 Å². The molecule has 0 aromatic heterocycles. The lowest BCUT2D eigenvalue weighted by molar-refractivity contribution is -0.141. The predicted molar refractivity (Wildman–Crippen MR) is 64.6 cm³/mol. The summed E-state index contributed by atoms with van der Waals surface area (Å²) in [6.07, 6.45) is -0.379. The van der Waals surface area contributed by atoms with Gasteiger partial charge in [-0.25, -0.2) is 0 Å². The van der Waals surface area contributed by atoms with Gasteiger partial charge in [0, 0.05) is 11.3 Å². The second kappa shape index (κ2) is 7.03. The van der Waals surface area contributed by atoms with Crippen LogP contribution in [-0.4, -0.2) is 27.1 Å². The molecule has 0 N–H and O–H groups in total. The van der Waals surface area contributed by atoms with Gasteiger partial charge in [0.1, 0.15) is 6.42 Å². The fourth-order valence-electron chi connectivity index (χ4n) is 1.48. The summed E-state index contributed by atoms with van der Waals surface area (Å²) in [6.45, 7) is 1.86. The number of hydrogen-bond acceptors (Lipinski definition) is 5. The standard InChI is InChI=1S/C12H14O5S/c1-2-17-12(14)7-11(13)10-6-4-3-5-9(10)8-18(15)16/h3-6H,2,7-8H2,1H3,(H,15,16)/p-1. The number of carbonyl (C=O) groups is 2. The number of Topliss-reactive ketones (excluding diaryl/α,β-unsaturated/α-hetero) is 1. The Bertz CT molecular complexity index is 469. The number of ether oxygens (including phenoxy) is 1. The molecular weight excluding hydrogens is 256 g/mol. The highest BCUT2D eigenvalue weighted by molar-refractivity contribution is 7.78. The molecule has 1 rings (SSSR count). The molecule has 0 amide bonds. The Morgan fingerprint density at radius 3 is 2.61 bits per heavy atom. The zero-order valence-corrected chi connectivity index (χ0v) is 10.7. The van der Waals surface area contributed by atoms with Crippen LogP contribution in [0.3, 0.4) is 0 Å². The van der Waals surface area contributed by atoms with Crippen LogP contribution in [0.25, 0.3) is 0 Å². The molecule has 1 aromatic rings. The van der Waals surface area contributed by atoms with Gasteiger partial charge in [-0.3, -0.25) is 13.8 Å². The van der Waals surface area contributed by atoms with Crippen LogP contribution < -0.4 is 0 Å². The predicted octanol–water partition coefficient (Wildman–Crippen LogP) is 1.20. The molecule has 0 aliphatic rings. The van der Waals surface area contributed by atoms with Crippen LogP contribution in [0, 0.1) is 0 Å². The zero-order valence-electron chi connectivity index (χ0n) is 9.88.